The van der Waals surface area contributed by atoms with Crippen LogP contribution >= 0.6 is 31.9 Å². The van der Waals surface area contributed by atoms with Crippen LogP contribution in [0.25, 0.3) is 0 Å². The average molecular weight is 338 g/mol. The Bertz CT molecular complexity index is 377. The molecule has 0 saturated carbocycles. The van der Waals surface area contributed by atoms with Crippen molar-refractivity contribution in [2.24, 2.45) is 0 Å². The first kappa shape index (κ1) is 12.5. The summed E-state index contributed by atoms with van der Waals surface area (Å²) < 4.78 is 5.11. The van der Waals surface area contributed by atoms with Gasteiger partial charge in [0.25, 0.3) is 0 Å². The lowest BCUT2D eigenvalue weighted by Crippen LogP contribution is -2.07. The molecule has 0 aliphatic carbocycles. The van der Waals surface area contributed by atoms with Crippen LogP contribution in [0.1, 0.15) is 15.9 Å². The Hall–Kier alpha value is -0.550. The normalized spacial score (nSPS) is 10.1. The number of benzene rings is 1. The molecule has 0 saturated heterocycles. The maximum atomic E-state index is 11.5. The molecule has 1 N–H and O–H groups in total. The Kier molecular flexibility index (Phi) is 4.60. The van der Waals surface area contributed by atoms with Crippen molar-refractivity contribution in [3.05, 3.63) is 27.7 Å². The second-order valence-electron chi connectivity index (χ2n) is 2.86. The number of hydrogen-bond acceptors (Lipinski definition) is 3. The number of esters is 1. The van der Waals surface area contributed by atoms with Gasteiger partial charge in [-0.3, -0.25) is 0 Å². The summed E-state index contributed by atoms with van der Waals surface area (Å²) in [7, 11) is 1.29. The number of aromatic hydroxyl groups is 1. The number of methoxy groups -OCH3 is 1. The minimum atomic E-state index is -0.523. The fourth-order valence-electron chi connectivity index (χ4n) is 1.25. The summed E-state index contributed by atoms with van der Waals surface area (Å²) in [5, 5.41) is 10.5. The average Bonchev–Trinajstić information content (AvgIpc) is 2.23. The van der Waals surface area contributed by atoms with Crippen LogP contribution in [-0.2, 0) is 11.2 Å². The topological polar surface area (TPSA) is 46.5 Å². The Labute approximate surface area is 105 Å². The zero-order valence-corrected chi connectivity index (χ0v) is 11.3. The number of carbonyl (C=O) groups excluding carboxylic acids is 1. The lowest BCUT2D eigenvalue weighted by atomic mass is 10.0. The van der Waals surface area contributed by atoms with Crippen LogP contribution < -0.4 is 0 Å². The number of aryl methyl sites for hydroxylation is 1. The van der Waals surface area contributed by atoms with Crippen molar-refractivity contribution >= 4 is 37.8 Å². The van der Waals surface area contributed by atoms with Gasteiger partial charge >= 0.3 is 5.97 Å². The van der Waals surface area contributed by atoms with Crippen LogP contribution in [0.3, 0.4) is 0 Å². The molecule has 0 atom stereocenters. The number of carbonyl (C=O) groups is 1. The Morgan fingerprint density at radius 3 is 2.73 bits per heavy atom. The minimum Gasteiger partial charge on any atom is -0.506 e. The van der Waals surface area contributed by atoms with Crippen molar-refractivity contribution in [1.82, 2.24) is 0 Å². The molecule has 0 amide bonds. The maximum absolute atomic E-state index is 11.5. The Morgan fingerprint density at radius 2 is 2.20 bits per heavy atom. The van der Waals surface area contributed by atoms with Gasteiger partial charge in [0.2, 0.25) is 0 Å². The van der Waals surface area contributed by atoms with Gasteiger partial charge in [-0.05, 0) is 34.0 Å². The molecule has 0 bridgehead atoms. The van der Waals surface area contributed by atoms with Crippen molar-refractivity contribution in [2.45, 2.75) is 6.42 Å². The molecule has 0 spiro atoms. The molecule has 3 nitrogen and oxygen atoms in total. The molecule has 0 aliphatic rings. The van der Waals surface area contributed by atoms with E-state index in [4.69, 9.17) is 0 Å². The summed E-state index contributed by atoms with van der Waals surface area (Å²) in [6.07, 6.45) is 0.658. The second-order valence-corrected chi connectivity index (χ2v) is 4.51. The molecule has 0 unspecified atom stereocenters. The molecule has 1 aromatic carbocycles. The van der Waals surface area contributed by atoms with Gasteiger partial charge in [0.15, 0.2) is 0 Å². The molecular formula is C10H10Br2O3. The smallest absolute Gasteiger partial charge is 0.341 e. The van der Waals surface area contributed by atoms with Gasteiger partial charge in [-0.15, -0.1) is 0 Å². The van der Waals surface area contributed by atoms with Gasteiger partial charge in [0.1, 0.15) is 11.3 Å². The summed E-state index contributed by atoms with van der Waals surface area (Å²) >= 11 is 6.45. The molecule has 0 aliphatic heterocycles. The van der Waals surface area contributed by atoms with E-state index < -0.39 is 5.97 Å². The van der Waals surface area contributed by atoms with Gasteiger partial charge in [-0.25, -0.2) is 4.79 Å². The number of phenols is 1. The lowest BCUT2D eigenvalue weighted by molar-refractivity contribution is 0.0596. The van der Waals surface area contributed by atoms with Crippen molar-refractivity contribution in [3.8, 4) is 5.75 Å². The van der Waals surface area contributed by atoms with Gasteiger partial charge in [0, 0.05) is 5.33 Å². The number of alkyl halides is 1. The second kappa shape index (κ2) is 5.51. The maximum Gasteiger partial charge on any atom is 0.341 e. The summed E-state index contributed by atoms with van der Waals surface area (Å²) in [5.74, 6) is -0.593. The third kappa shape index (κ3) is 2.72. The highest BCUT2D eigenvalue weighted by molar-refractivity contribution is 9.10. The summed E-state index contributed by atoms with van der Waals surface area (Å²) in [6, 6.07) is 3.50. The highest BCUT2D eigenvalue weighted by Gasteiger charge is 2.18. The summed E-state index contributed by atoms with van der Waals surface area (Å²) in [4.78, 5) is 11.5. The molecular weight excluding hydrogens is 328 g/mol. The first-order valence-corrected chi connectivity index (χ1v) is 6.18. The van der Waals surface area contributed by atoms with Crippen LogP contribution in [0.15, 0.2) is 16.6 Å². The van der Waals surface area contributed by atoms with E-state index in [0.29, 0.717) is 10.9 Å². The van der Waals surface area contributed by atoms with E-state index in [1.54, 1.807) is 12.1 Å². The van der Waals surface area contributed by atoms with Gasteiger partial charge in [-0.1, -0.05) is 22.0 Å². The van der Waals surface area contributed by atoms with Gasteiger partial charge < -0.3 is 9.84 Å². The number of halogens is 2. The Balaban J connectivity index is 3.28. The van der Waals surface area contributed by atoms with E-state index in [9.17, 15) is 9.90 Å². The van der Waals surface area contributed by atoms with Crippen LogP contribution in [0.5, 0.6) is 5.75 Å². The van der Waals surface area contributed by atoms with Crippen molar-refractivity contribution in [2.75, 3.05) is 12.4 Å². The van der Waals surface area contributed by atoms with Crippen LogP contribution in [0.2, 0.25) is 0 Å². The predicted octanol–water partition coefficient (Wildman–Crippen LogP) is 2.88. The van der Waals surface area contributed by atoms with E-state index in [1.165, 1.54) is 7.11 Å². The Morgan fingerprint density at radius 1 is 1.53 bits per heavy atom. The van der Waals surface area contributed by atoms with Crippen LogP contribution in [-0.4, -0.2) is 23.5 Å². The minimum absolute atomic E-state index is 0.0692. The molecule has 15 heavy (non-hydrogen) atoms. The van der Waals surface area contributed by atoms with E-state index >= 15 is 0 Å². The van der Waals surface area contributed by atoms with E-state index in [0.717, 1.165) is 10.9 Å². The third-order valence-corrected chi connectivity index (χ3v) is 3.00. The fraction of sp³-hybridized carbons (Fsp3) is 0.300. The number of ether oxygens (including phenoxy) is 1. The van der Waals surface area contributed by atoms with E-state index in [-0.39, 0.29) is 11.3 Å². The van der Waals surface area contributed by atoms with E-state index in [2.05, 4.69) is 36.6 Å². The van der Waals surface area contributed by atoms with Crippen molar-refractivity contribution in [1.29, 1.82) is 0 Å². The zero-order chi connectivity index (χ0) is 11.4. The summed E-state index contributed by atoms with van der Waals surface area (Å²) in [6.45, 7) is 0. The predicted molar refractivity (Wildman–Crippen MR) is 64.6 cm³/mol. The molecule has 5 heteroatoms. The summed E-state index contributed by atoms with van der Waals surface area (Å²) in [5.41, 5.74) is 0.991. The van der Waals surface area contributed by atoms with Crippen molar-refractivity contribution < 1.29 is 14.6 Å². The first-order chi connectivity index (χ1) is 7.11. The molecule has 0 aromatic heterocycles. The zero-order valence-electron chi connectivity index (χ0n) is 8.09. The van der Waals surface area contributed by atoms with Gasteiger partial charge in [-0.2, -0.15) is 0 Å². The quantitative estimate of drug-likeness (QED) is 0.681. The molecule has 0 fully saturated rings. The monoisotopic (exact) mass is 336 g/mol. The number of rotatable bonds is 3. The molecule has 0 radical (unpaired) electrons. The lowest BCUT2D eigenvalue weighted by Gasteiger charge is -2.09. The molecule has 0 heterocycles. The first-order valence-electron chi connectivity index (χ1n) is 4.26. The van der Waals surface area contributed by atoms with Gasteiger partial charge in [0.05, 0.1) is 11.6 Å². The highest BCUT2D eigenvalue weighted by atomic mass is 79.9. The standard InChI is InChI=1S/C10H10Br2O3/c1-15-10(14)8-6(4-5-11)2-3-7(12)9(8)13/h2-3,13H,4-5H2,1H3. The number of phenolic OH excluding ortho intramolecular Hbond substituents is 1. The largest absolute Gasteiger partial charge is 0.506 e. The third-order valence-electron chi connectivity index (χ3n) is 1.97. The molecule has 1 rings (SSSR count). The number of hydrogen-bond donors (Lipinski definition) is 1. The molecule has 82 valence electrons. The van der Waals surface area contributed by atoms with E-state index in [1.807, 2.05) is 0 Å². The van der Waals surface area contributed by atoms with Crippen molar-refractivity contribution in [3.63, 3.8) is 0 Å². The molecule has 1 aromatic rings. The SMILES string of the molecule is COC(=O)c1c(CCBr)ccc(Br)c1O. The fourth-order valence-corrected chi connectivity index (χ4v) is 2.01. The highest BCUT2D eigenvalue weighted by Crippen LogP contribution is 2.31. The van der Waals surface area contributed by atoms with Crippen LogP contribution in [0, 0.1) is 0 Å². The van der Waals surface area contributed by atoms with Crippen LogP contribution in [0.4, 0.5) is 0 Å².